The molecule has 0 unspecified atom stereocenters. The van der Waals surface area contributed by atoms with Crippen molar-refractivity contribution in [3.8, 4) is 0 Å². The van der Waals surface area contributed by atoms with Gasteiger partial charge in [0.05, 0.1) is 11.4 Å². The summed E-state index contributed by atoms with van der Waals surface area (Å²) in [6, 6.07) is 21.0. The van der Waals surface area contributed by atoms with E-state index in [9.17, 15) is 0 Å². The molecule has 148 valence electrons. The average molecular weight is 385 g/mol. The number of anilines is 4. The van der Waals surface area contributed by atoms with E-state index in [1.807, 2.05) is 0 Å². The Morgan fingerprint density at radius 3 is 1.38 bits per heavy atom. The highest BCUT2D eigenvalue weighted by Gasteiger charge is 2.43. The number of benzene rings is 2. The monoisotopic (exact) mass is 384 g/mol. The van der Waals surface area contributed by atoms with Crippen LogP contribution in [0.25, 0.3) is 0 Å². The van der Waals surface area contributed by atoms with E-state index >= 15 is 0 Å². The van der Waals surface area contributed by atoms with Crippen molar-refractivity contribution in [1.29, 1.82) is 0 Å². The number of aromatic nitrogens is 2. The first-order valence-corrected chi connectivity index (χ1v) is 10.4. The number of fused-ring (bicyclic) bond motifs is 2. The molecule has 1 aliphatic heterocycles. The quantitative estimate of drug-likeness (QED) is 0.536. The third-order valence-corrected chi connectivity index (χ3v) is 6.45. The van der Waals surface area contributed by atoms with Gasteiger partial charge in [-0.1, -0.05) is 64.1 Å². The van der Waals surface area contributed by atoms with E-state index in [1.54, 1.807) is 0 Å². The van der Waals surface area contributed by atoms with Crippen molar-refractivity contribution >= 4 is 23.0 Å². The summed E-state index contributed by atoms with van der Waals surface area (Å²) in [7, 11) is 0. The van der Waals surface area contributed by atoms with Crippen molar-refractivity contribution in [1.82, 2.24) is 9.97 Å². The van der Waals surface area contributed by atoms with Gasteiger partial charge in [-0.25, -0.2) is 9.97 Å². The third-order valence-electron chi connectivity index (χ3n) is 6.45. The van der Waals surface area contributed by atoms with Crippen molar-refractivity contribution in [2.24, 2.45) is 0 Å². The number of hydrogen-bond donors (Lipinski definition) is 0. The van der Waals surface area contributed by atoms with Crippen molar-refractivity contribution < 1.29 is 0 Å². The summed E-state index contributed by atoms with van der Waals surface area (Å²) in [5.74, 6) is 1.93. The maximum Gasteiger partial charge on any atom is 0.178 e. The topological polar surface area (TPSA) is 32.3 Å². The number of hydrogen-bond acceptors (Lipinski definition) is 4. The molecule has 1 aromatic heterocycles. The van der Waals surface area contributed by atoms with Crippen LogP contribution in [0, 0.1) is 0 Å². The average Bonchev–Trinajstić information content (AvgIpc) is 3.11. The third kappa shape index (κ3) is 2.89. The highest BCUT2D eigenvalue weighted by molar-refractivity contribution is 5.82. The molecular weight excluding hydrogens is 356 g/mol. The first-order valence-electron chi connectivity index (χ1n) is 10.4. The summed E-state index contributed by atoms with van der Waals surface area (Å²) >= 11 is 0. The molecule has 0 spiro atoms. The van der Waals surface area contributed by atoms with Gasteiger partial charge in [0.25, 0.3) is 0 Å². The molecule has 29 heavy (non-hydrogen) atoms. The molecule has 3 aromatic rings. The van der Waals surface area contributed by atoms with Gasteiger partial charge in [-0.3, -0.25) is 0 Å². The highest BCUT2D eigenvalue weighted by atomic mass is 15.4. The summed E-state index contributed by atoms with van der Waals surface area (Å²) in [4.78, 5) is 15.2. The summed E-state index contributed by atoms with van der Waals surface area (Å²) in [5, 5.41) is 0. The zero-order valence-electron chi connectivity index (χ0n) is 17.7. The van der Waals surface area contributed by atoms with Crippen LogP contribution in [0.15, 0.2) is 60.7 Å². The molecular formula is C25H28N4. The maximum atomic E-state index is 5.30. The lowest BCUT2D eigenvalue weighted by Crippen LogP contribution is -2.36. The largest absolute Gasteiger partial charge is 0.305 e. The number of rotatable bonds is 2. The number of para-hydroxylation sites is 2. The summed E-state index contributed by atoms with van der Waals surface area (Å²) < 4.78 is 0. The number of nitrogens with zero attached hydrogens (tertiary/aromatic N) is 4. The fourth-order valence-electron chi connectivity index (χ4n) is 4.48. The molecule has 4 heteroatoms. The van der Waals surface area contributed by atoms with Crippen molar-refractivity contribution in [2.45, 2.75) is 51.4 Å². The van der Waals surface area contributed by atoms with Crippen molar-refractivity contribution in [3.63, 3.8) is 0 Å². The zero-order valence-corrected chi connectivity index (χ0v) is 17.7. The predicted molar refractivity (Wildman–Crippen MR) is 119 cm³/mol. The summed E-state index contributed by atoms with van der Waals surface area (Å²) in [6.07, 6.45) is 2.27. The van der Waals surface area contributed by atoms with Gasteiger partial charge in [-0.05, 0) is 37.1 Å². The fraction of sp³-hybridized carbons (Fsp3) is 0.360. The molecule has 5 rings (SSSR count). The molecule has 1 aliphatic carbocycles. The fourth-order valence-corrected chi connectivity index (χ4v) is 4.48. The molecule has 0 bridgehead atoms. The standard InChI is InChI=1S/C25H28N4/c1-24(2)15-16-25(3,4)21-20(24)26-22-23(27-21)29(19-13-9-6-10-14-19)17-28(22)18-11-7-5-8-12-18/h5-14H,15-17H2,1-4H3. The first-order chi connectivity index (χ1) is 13.9. The van der Waals surface area contributed by atoms with Crippen LogP contribution in [-0.2, 0) is 10.8 Å². The van der Waals surface area contributed by atoms with Crippen LogP contribution in [0.5, 0.6) is 0 Å². The van der Waals surface area contributed by atoms with Crippen LogP contribution in [0.1, 0.15) is 51.9 Å². The summed E-state index contributed by atoms with van der Waals surface area (Å²) in [5.41, 5.74) is 4.68. The van der Waals surface area contributed by atoms with Gasteiger partial charge in [-0.2, -0.15) is 0 Å². The van der Waals surface area contributed by atoms with E-state index in [-0.39, 0.29) is 10.8 Å². The Labute approximate surface area is 173 Å². The first kappa shape index (κ1) is 18.2. The molecule has 0 saturated heterocycles. The molecule has 0 amide bonds. The summed E-state index contributed by atoms with van der Waals surface area (Å²) in [6.45, 7) is 9.93. The second-order valence-corrected chi connectivity index (χ2v) is 9.50. The molecule has 2 aromatic carbocycles. The molecule has 2 aliphatic rings. The molecule has 2 heterocycles. The Bertz CT molecular complexity index is 957. The van der Waals surface area contributed by atoms with Crippen LogP contribution >= 0.6 is 0 Å². The minimum absolute atomic E-state index is 0.0371. The Morgan fingerprint density at radius 2 is 1.00 bits per heavy atom. The molecule has 0 N–H and O–H groups in total. The van der Waals surface area contributed by atoms with Crippen molar-refractivity contribution in [3.05, 3.63) is 72.1 Å². The zero-order chi connectivity index (χ0) is 20.2. The second-order valence-electron chi connectivity index (χ2n) is 9.50. The highest BCUT2D eigenvalue weighted by Crippen LogP contribution is 2.49. The Morgan fingerprint density at radius 1 is 0.621 bits per heavy atom. The van der Waals surface area contributed by atoms with E-state index in [4.69, 9.17) is 9.97 Å². The minimum atomic E-state index is 0.0371. The van der Waals surface area contributed by atoms with E-state index in [2.05, 4.69) is 98.2 Å². The van der Waals surface area contributed by atoms with E-state index < -0.39 is 0 Å². The van der Waals surface area contributed by atoms with Gasteiger partial charge in [0.1, 0.15) is 6.67 Å². The van der Waals surface area contributed by atoms with Gasteiger partial charge in [-0.15, -0.1) is 0 Å². The SMILES string of the molecule is CC1(C)CCC(C)(C)c2nc3c(nc21)N(c1ccccc1)CN3c1ccccc1. The van der Waals surface area contributed by atoms with E-state index in [0.717, 1.165) is 47.2 Å². The van der Waals surface area contributed by atoms with Crippen LogP contribution in [0.3, 0.4) is 0 Å². The van der Waals surface area contributed by atoms with Crippen molar-refractivity contribution in [2.75, 3.05) is 16.5 Å². The van der Waals surface area contributed by atoms with Crippen LogP contribution < -0.4 is 9.80 Å². The van der Waals surface area contributed by atoms with Gasteiger partial charge in [0.2, 0.25) is 0 Å². The van der Waals surface area contributed by atoms with Crippen LogP contribution in [0.2, 0.25) is 0 Å². The lowest BCUT2D eigenvalue weighted by Gasteiger charge is -2.40. The Kier molecular flexibility index (Phi) is 3.95. The maximum absolute atomic E-state index is 5.30. The minimum Gasteiger partial charge on any atom is -0.305 e. The molecule has 0 radical (unpaired) electrons. The molecule has 0 fully saturated rings. The molecule has 4 nitrogen and oxygen atoms in total. The van der Waals surface area contributed by atoms with Crippen LogP contribution in [0.4, 0.5) is 23.0 Å². The lowest BCUT2D eigenvalue weighted by atomic mass is 9.67. The molecule has 0 atom stereocenters. The van der Waals surface area contributed by atoms with Crippen LogP contribution in [-0.4, -0.2) is 16.6 Å². The smallest absolute Gasteiger partial charge is 0.178 e. The van der Waals surface area contributed by atoms with E-state index in [1.165, 1.54) is 0 Å². The normalized spacial score (nSPS) is 19.0. The van der Waals surface area contributed by atoms with Gasteiger partial charge in [0.15, 0.2) is 11.6 Å². The molecule has 0 saturated carbocycles. The second kappa shape index (κ2) is 6.31. The van der Waals surface area contributed by atoms with Gasteiger partial charge < -0.3 is 9.80 Å². The van der Waals surface area contributed by atoms with Gasteiger partial charge in [0, 0.05) is 22.2 Å². The lowest BCUT2D eigenvalue weighted by molar-refractivity contribution is 0.315. The Hall–Kier alpha value is -2.88. The Balaban J connectivity index is 1.74. The van der Waals surface area contributed by atoms with Gasteiger partial charge >= 0.3 is 0 Å². The van der Waals surface area contributed by atoms with E-state index in [0.29, 0.717) is 6.67 Å². The predicted octanol–water partition coefficient (Wildman–Crippen LogP) is 6.07.